The van der Waals surface area contributed by atoms with Gasteiger partial charge in [-0.2, -0.15) is 8.78 Å². The lowest BCUT2D eigenvalue weighted by molar-refractivity contribution is -0.136. The molecule has 1 atom stereocenters. The van der Waals surface area contributed by atoms with Gasteiger partial charge in [-0.3, -0.25) is 4.79 Å². The zero-order valence-electron chi connectivity index (χ0n) is 9.40. The zero-order valence-corrected chi connectivity index (χ0v) is 11.0. The van der Waals surface area contributed by atoms with Crippen LogP contribution in [-0.2, 0) is 10.5 Å². The van der Waals surface area contributed by atoms with Crippen LogP contribution in [0.15, 0.2) is 18.2 Å². The van der Waals surface area contributed by atoms with Gasteiger partial charge < -0.3 is 9.84 Å². The van der Waals surface area contributed by atoms with E-state index in [0.29, 0.717) is 10.6 Å². The second-order valence-electron chi connectivity index (χ2n) is 3.42. The molecular weight excluding hydrogens is 286 g/mol. The molecule has 0 aliphatic carbocycles. The van der Waals surface area contributed by atoms with Gasteiger partial charge in [0.25, 0.3) is 0 Å². The second-order valence-corrected chi connectivity index (χ2v) is 5.19. The highest BCUT2D eigenvalue weighted by molar-refractivity contribution is 7.99. The molecule has 1 N–H and O–H groups in total. The van der Waals surface area contributed by atoms with E-state index in [1.54, 1.807) is 0 Å². The molecule has 7 heteroatoms. The lowest BCUT2D eigenvalue weighted by Crippen LogP contribution is -2.12. The zero-order chi connectivity index (χ0) is 13.7. The molecule has 0 aliphatic heterocycles. The summed E-state index contributed by atoms with van der Waals surface area (Å²) >= 11 is 6.87. The van der Waals surface area contributed by atoms with Crippen molar-refractivity contribution in [2.24, 2.45) is 0 Å². The maximum Gasteiger partial charge on any atom is 0.387 e. The van der Waals surface area contributed by atoms with Crippen molar-refractivity contribution in [3.05, 3.63) is 28.8 Å². The number of carbonyl (C=O) groups is 1. The van der Waals surface area contributed by atoms with Crippen LogP contribution in [0, 0.1) is 0 Å². The highest BCUT2D eigenvalue weighted by atomic mass is 35.5. The Kier molecular flexibility index (Phi) is 5.68. The fourth-order valence-electron chi connectivity index (χ4n) is 1.16. The Labute approximate surface area is 112 Å². The summed E-state index contributed by atoms with van der Waals surface area (Å²) in [6, 6.07) is 4.27. The Balaban J connectivity index is 2.78. The maximum absolute atomic E-state index is 12.2. The van der Waals surface area contributed by atoms with Crippen molar-refractivity contribution in [1.29, 1.82) is 0 Å². The number of alkyl halides is 2. The number of hydrogen-bond acceptors (Lipinski definition) is 3. The lowest BCUT2D eigenvalue weighted by Gasteiger charge is -2.12. The Hall–Kier alpha value is -1.01. The van der Waals surface area contributed by atoms with E-state index in [1.165, 1.54) is 25.1 Å². The largest absolute Gasteiger partial charge is 0.480 e. The molecule has 3 nitrogen and oxygen atoms in total. The molecule has 1 aromatic rings. The fourth-order valence-corrected chi connectivity index (χ4v) is 2.15. The van der Waals surface area contributed by atoms with Crippen molar-refractivity contribution in [2.45, 2.75) is 24.5 Å². The van der Waals surface area contributed by atoms with Gasteiger partial charge in [0, 0.05) is 16.3 Å². The van der Waals surface area contributed by atoms with E-state index in [9.17, 15) is 13.6 Å². The Morgan fingerprint density at radius 1 is 1.56 bits per heavy atom. The first kappa shape index (κ1) is 15.0. The number of carboxylic acids is 1. The molecular formula is C11H11ClF2O3S. The molecule has 0 bridgehead atoms. The average Bonchev–Trinajstić information content (AvgIpc) is 2.28. The minimum atomic E-state index is -2.92. The lowest BCUT2D eigenvalue weighted by atomic mass is 10.2. The Morgan fingerprint density at radius 3 is 2.78 bits per heavy atom. The van der Waals surface area contributed by atoms with E-state index < -0.39 is 17.8 Å². The van der Waals surface area contributed by atoms with Crippen LogP contribution in [-0.4, -0.2) is 22.9 Å². The summed E-state index contributed by atoms with van der Waals surface area (Å²) < 4.78 is 28.7. The van der Waals surface area contributed by atoms with Gasteiger partial charge in [-0.15, -0.1) is 11.8 Å². The highest BCUT2D eigenvalue weighted by Gasteiger charge is 2.15. The first-order valence-electron chi connectivity index (χ1n) is 4.97. The topological polar surface area (TPSA) is 46.5 Å². The third kappa shape index (κ3) is 4.70. The molecule has 1 rings (SSSR count). The summed E-state index contributed by atoms with van der Waals surface area (Å²) in [6.45, 7) is -1.41. The van der Waals surface area contributed by atoms with E-state index in [1.807, 2.05) is 0 Å². The third-order valence-corrected chi connectivity index (χ3v) is 3.49. The smallest absolute Gasteiger partial charge is 0.387 e. The quantitative estimate of drug-likeness (QED) is 0.870. The summed E-state index contributed by atoms with van der Waals surface area (Å²) in [5.74, 6) is -0.714. The monoisotopic (exact) mass is 296 g/mol. The first-order chi connectivity index (χ1) is 8.40. The molecule has 0 saturated carbocycles. The van der Waals surface area contributed by atoms with Gasteiger partial charge in [-0.25, -0.2) is 0 Å². The highest BCUT2D eigenvalue weighted by Crippen LogP contribution is 2.29. The van der Waals surface area contributed by atoms with Gasteiger partial charge in [-0.05, 0) is 25.1 Å². The number of hydrogen-bond donors (Lipinski definition) is 1. The van der Waals surface area contributed by atoms with Gasteiger partial charge in [0.15, 0.2) is 0 Å². The van der Waals surface area contributed by atoms with Crippen LogP contribution in [0.25, 0.3) is 0 Å². The number of ether oxygens (including phenoxy) is 1. The molecule has 0 aliphatic rings. The predicted octanol–water partition coefficient (Wildman–Crippen LogP) is 3.65. The SMILES string of the molecule is CC(SCc1cc(Cl)ccc1OC(F)F)C(=O)O. The normalized spacial score (nSPS) is 12.5. The van der Waals surface area contributed by atoms with Gasteiger partial charge in [0.1, 0.15) is 5.75 Å². The van der Waals surface area contributed by atoms with Crippen LogP contribution < -0.4 is 4.74 Å². The van der Waals surface area contributed by atoms with Crippen molar-refractivity contribution < 1.29 is 23.4 Å². The van der Waals surface area contributed by atoms with Gasteiger partial charge >= 0.3 is 12.6 Å². The molecule has 0 saturated heterocycles. The molecule has 18 heavy (non-hydrogen) atoms. The van der Waals surface area contributed by atoms with Crippen LogP contribution in [0.2, 0.25) is 5.02 Å². The van der Waals surface area contributed by atoms with Crippen molar-refractivity contribution in [3.63, 3.8) is 0 Å². The number of rotatable bonds is 6. The van der Waals surface area contributed by atoms with Crippen LogP contribution in [0.5, 0.6) is 5.75 Å². The number of benzene rings is 1. The van der Waals surface area contributed by atoms with Crippen molar-refractivity contribution >= 4 is 29.3 Å². The maximum atomic E-state index is 12.2. The van der Waals surface area contributed by atoms with E-state index in [-0.39, 0.29) is 11.5 Å². The van der Waals surface area contributed by atoms with E-state index >= 15 is 0 Å². The first-order valence-corrected chi connectivity index (χ1v) is 6.40. The molecule has 100 valence electrons. The number of thioether (sulfide) groups is 1. The number of carboxylic acid groups (broad SMARTS) is 1. The third-order valence-electron chi connectivity index (χ3n) is 2.08. The fraction of sp³-hybridized carbons (Fsp3) is 0.364. The summed E-state index contributed by atoms with van der Waals surface area (Å²) in [5, 5.41) is 8.48. The summed E-state index contributed by atoms with van der Waals surface area (Å²) in [5.41, 5.74) is 0.445. The van der Waals surface area contributed by atoms with Crippen LogP contribution in [0.1, 0.15) is 12.5 Å². The molecule has 0 heterocycles. The van der Waals surface area contributed by atoms with Gasteiger partial charge in [0.05, 0.1) is 5.25 Å². The predicted molar refractivity (Wildman–Crippen MR) is 66.5 cm³/mol. The van der Waals surface area contributed by atoms with Crippen molar-refractivity contribution in [1.82, 2.24) is 0 Å². The number of aliphatic carboxylic acids is 1. The van der Waals surface area contributed by atoms with Crippen molar-refractivity contribution in [3.8, 4) is 5.75 Å². The van der Waals surface area contributed by atoms with Crippen LogP contribution >= 0.6 is 23.4 Å². The van der Waals surface area contributed by atoms with Gasteiger partial charge in [-0.1, -0.05) is 11.6 Å². The van der Waals surface area contributed by atoms with Crippen molar-refractivity contribution in [2.75, 3.05) is 0 Å². The number of halogens is 3. The summed E-state index contributed by atoms with van der Waals surface area (Å²) in [6.07, 6.45) is 0. The minimum absolute atomic E-state index is 0.0134. The van der Waals surface area contributed by atoms with E-state index in [0.717, 1.165) is 11.8 Å². The molecule has 0 spiro atoms. The van der Waals surface area contributed by atoms with Crippen LogP contribution in [0.4, 0.5) is 8.78 Å². The molecule has 0 amide bonds. The molecule has 0 fully saturated rings. The average molecular weight is 297 g/mol. The van der Waals surface area contributed by atoms with E-state index in [4.69, 9.17) is 16.7 Å². The van der Waals surface area contributed by atoms with Gasteiger partial charge in [0.2, 0.25) is 0 Å². The molecule has 1 unspecified atom stereocenters. The van der Waals surface area contributed by atoms with E-state index in [2.05, 4.69) is 4.74 Å². The molecule has 0 radical (unpaired) electrons. The molecule has 1 aromatic carbocycles. The molecule has 0 aromatic heterocycles. The van der Waals surface area contributed by atoms with Crippen LogP contribution in [0.3, 0.4) is 0 Å². The Bertz CT molecular complexity index is 429. The second kappa shape index (κ2) is 6.80. The summed E-state index contributed by atoms with van der Waals surface area (Å²) in [4.78, 5) is 10.7. The summed E-state index contributed by atoms with van der Waals surface area (Å²) in [7, 11) is 0. The minimum Gasteiger partial charge on any atom is -0.480 e. The Morgan fingerprint density at radius 2 is 2.22 bits per heavy atom. The standard InChI is InChI=1S/C11H11ClF2O3S/c1-6(10(15)16)18-5-7-4-8(12)2-3-9(7)17-11(13)14/h2-4,6,11H,5H2,1H3,(H,15,16).